The van der Waals surface area contributed by atoms with Crippen molar-refractivity contribution in [1.82, 2.24) is 9.97 Å². The summed E-state index contributed by atoms with van der Waals surface area (Å²) >= 11 is 0. The molecule has 0 aliphatic rings. The van der Waals surface area contributed by atoms with Gasteiger partial charge in [-0.15, -0.1) is 0 Å². The fourth-order valence-corrected chi connectivity index (χ4v) is 1.53. The van der Waals surface area contributed by atoms with Crippen molar-refractivity contribution in [2.75, 3.05) is 18.0 Å². The molecule has 0 amide bonds. The van der Waals surface area contributed by atoms with Gasteiger partial charge in [0, 0.05) is 25.8 Å². The molecule has 4 heteroatoms. The van der Waals surface area contributed by atoms with Crippen LogP contribution in [0.3, 0.4) is 0 Å². The molecule has 1 heterocycles. The molecule has 0 unspecified atom stereocenters. The molecule has 84 valence electrons. The molecule has 0 aliphatic carbocycles. The van der Waals surface area contributed by atoms with Gasteiger partial charge in [0.25, 0.3) is 0 Å². The number of hydrogen-bond donors (Lipinski definition) is 1. The van der Waals surface area contributed by atoms with E-state index in [1.165, 1.54) is 0 Å². The zero-order valence-electron chi connectivity index (χ0n) is 9.61. The molecule has 1 aromatic heterocycles. The maximum atomic E-state index is 5.55. The summed E-state index contributed by atoms with van der Waals surface area (Å²) in [4.78, 5) is 10.9. The highest BCUT2D eigenvalue weighted by atomic mass is 15.2. The Morgan fingerprint density at radius 3 is 2.40 bits per heavy atom. The van der Waals surface area contributed by atoms with Crippen molar-refractivity contribution in [3.05, 3.63) is 18.1 Å². The van der Waals surface area contributed by atoms with Crippen LogP contribution >= 0.6 is 0 Å². The zero-order chi connectivity index (χ0) is 11.1. The Hall–Kier alpha value is -1.16. The third-order valence-corrected chi connectivity index (χ3v) is 2.19. The van der Waals surface area contributed by atoms with Crippen molar-refractivity contribution in [2.24, 2.45) is 5.73 Å². The number of aromatic nitrogens is 2. The van der Waals surface area contributed by atoms with Gasteiger partial charge in [-0.3, -0.25) is 4.98 Å². The van der Waals surface area contributed by atoms with Gasteiger partial charge in [0.2, 0.25) is 0 Å². The second-order valence-electron chi connectivity index (χ2n) is 3.56. The summed E-state index contributed by atoms with van der Waals surface area (Å²) in [7, 11) is 0. The van der Waals surface area contributed by atoms with Gasteiger partial charge >= 0.3 is 0 Å². The third kappa shape index (κ3) is 3.47. The average molecular weight is 208 g/mol. The van der Waals surface area contributed by atoms with E-state index in [-0.39, 0.29) is 0 Å². The predicted molar refractivity (Wildman–Crippen MR) is 62.7 cm³/mol. The summed E-state index contributed by atoms with van der Waals surface area (Å²) in [5, 5.41) is 0. The molecule has 0 aromatic carbocycles. The summed E-state index contributed by atoms with van der Waals surface area (Å²) < 4.78 is 0. The molecule has 1 aromatic rings. The molecule has 0 bridgehead atoms. The van der Waals surface area contributed by atoms with E-state index < -0.39 is 0 Å². The summed E-state index contributed by atoms with van der Waals surface area (Å²) in [6.45, 7) is 6.84. The Labute approximate surface area is 91.5 Å². The summed E-state index contributed by atoms with van der Waals surface area (Å²) in [5.41, 5.74) is 6.40. The molecule has 0 aliphatic heterocycles. The van der Waals surface area contributed by atoms with Crippen molar-refractivity contribution >= 4 is 5.82 Å². The summed E-state index contributed by atoms with van der Waals surface area (Å²) in [6.07, 6.45) is 5.77. The van der Waals surface area contributed by atoms with Crippen molar-refractivity contribution < 1.29 is 0 Å². The minimum atomic E-state index is 0.451. The van der Waals surface area contributed by atoms with Gasteiger partial charge in [0.15, 0.2) is 0 Å². The van der Waals surface area contributed by atoms with Crippen LogP contribution in [-0.2, 0) is 6.54 Å². The van der Waals surface area contributed by atoms with Crippen LogP contribution in [0.2, 0.25) is 0 Å². The molecule has 0 radical (unpaired) electrons. The van der Waals surface area contributed by atoms with E-state index >= 15 is 0 Å². The fourth-order valence-electron chi connectivity index (χ4n) is 1.53. The van der Waals surface area contributed by atoms with Crippen LogP contribution < -0.4 is 10.6 Å². The Bertz CT molecular complexity index is 282. The van der Waals surface area contributed by atoms with E-state index in [1.54, 1.807) is 6.20 Å². The molecule has 15 heavy (non-hydrogen) atoms. The summed E-state index contributed by atoms with van der Waals surface area (Å²) in [5.74, 6) is 0.946. The molecule has 4 nitrogen and oxygen atoms in total. The minimum absolute atomic E-state index is 0.451. The van der Waals surface area contributed by atoms with E-state index in [4.69, 9.17) is 5.73 Å². The van der Waals surface area contributed by atoms with E-state index in [0.717, 1.165) is 37.4 Å². The van der Waals surface area contributed by atoms with E-state index in [9.17, 15) is 0 Å². The average Bonchev–Trinajstić information content (AvgIpc) is 2.29. The van der Waals surface area contributed by atoms with Gasteiger partial charge in [-0.1, -0.05) is 13.8 Å². The topological polar surface area (TPSA) is 55.0 Å². The van der Waals surface area contributed by atoms with Crippen LogP contribution in [0.25, 0.3) is 0 Å². The van der Waals surface area contributed by atoms with Crippen LogP contribution in [0, 0.1) is 0 Å². The smallest absolute Gasteiger partial charge is 0.147 e. The van der Waals surface area contributed by atoms with E-state index in [2.05, 4.69) is 28.7 Å². The van der Waals surface area contributed by atoms with Crippen molar-refractivity contribution in [3.8, 4) is 0 Å². The molecular formula is C11H20N4. The standard InChI is InChI=1S/C11H20N4/c1-3-5-15(6-4-2)11-9-13-8-10(7-12)14-11/h8-9H,3-7,12H2,1-2H3. The lowest BCUT2D eigenvalue weighted by molar-refractivity contribution is 0.727. The normalized spacial score (nSPS) is 10.3. The van der Waals surface area contributed by atoms with Gasteiger partial charge in [-0.05, 0) is 12.8 Å². The number of nitrogens with zero attached hydrogens (tertiary/aromatic N) is 3. The first-order valence-corrected chi connectivity index (χ1v) is 5.57. The van der Waals surface area contributed by atoms with Crippen LogP contribution in [0.4, 0.5) is 5.82 Å². The maximum absolute atomic E-state index is 5.55. The summed E-state index contributed by atoms with van der Waals surface area (Å²) in [6, 6.07) is 0. The van der Waals surface area contributed by atoms with Gasteiger partial charge in [-0.2, -0.15) is 0 Å². The van der Waals surface area contributed by atoms with E-state index in [0.29, 0.717) is 6.54 Å². The van der Waals surface area contributed by atoms with Crippen molar-refractivity contribution in [1.29, 1.82) is 0 Å². The minimum Gasteiger partial charge on any atom is -0.355 e. The SMILES string of the molecule is CCCN(CCC)c1cncc(CN)n1. The highest BCUT2D eigenvalue weighted by molar-refractivity contribution is 5.36. The van der Waals surface area contributed by atoms with Crippen LogP contribution in [0.1, 0.15) is 32.4 Å². The van der Waals surface area contributed by atoms with Crippen LogP contribution in [-0.4, -0.2) is 23.1 Å². The largest absolute Gasteiger partial charge is 0.355 e. The first kappa shape index (κ1) is 11.9. The lowest BCUT2D eigenvalue weighted by Crippen LogP contribution is -2.26. The first-order valence-electron chi connectivity index (χ1n) is 5.57. The van der Waals surface area contributed by atoms with Gasteiger partial charge in [0.05, 0.1) is 11.9 Å². The fraction of sp³-hybridized carbons (Fsp3) is 0.636. The Kier molecular flexibility index (Phi) is 5.04. The lowest BCUT2D eigenvalue weighted by Gasteiger charge is -2.22. The second-order valence-corrected chi connectivity index (χ2v) is 3.56. The maximum Gasteiger partial charge on any atom is 0.147 e. The number of hydrogen-bond acceptors (Lipinski definition) is 4. The predicted octanol–water partition coefficient (Wildman–Crippen LogP) is 1.56. The molecule has 0 fully saturated rings. The zero-order valence-corrected chi connectivity index (χ0v) is 9.61. The molecule has 0 saturated carbocycles. The van der Waals surface area contributed by atoms with Crippen LogP contribution in [0.15, 0.2) is 12.4 Å². The van der Waals surface area contributed by atoms with Gasteiger partial charge < -0.3 is 10.6 Å². The third-order valence-electron chi connectivity index (χ3n) is 2.19. The number of rotatable bonds is 6. The molecule has 0 saturated heterocycles. The van der Waals surface area contributed by atoms with Crippen molar-refractivity contribution in [3.63, 3.8) is 0 Å². The monoisotopic (exact) mass is 208 g/mol. The van der Waals surface area contributed by atoms with Crippen molar-refractivity contribution in [2.45, 2.75) is 33.2 Å². The highest BCUT2D eigenvalue weighted by Crippen LogP contribution is 2.10. The Balaban J connectivity index is 2.79. The molecule has 0 atom stereocenters. The van der Waals surface area contributed by atoms with Crippen LogP contribution in [0.5, 0.6) is 0 Å². The molecular weight excluding hydrogens is 188 g/mol. The second kappa shape index (κ2) is 6.35. The van der Waals surface area contributed by atoms with Gasteiger partial charge in [0.1, 0.15) is 5.82 Å². The molecule has 1 rings (SSSR count). The molecule has 2 N–H and O–H groups in total. The Morgan fingerprint density at radius 1 is 1.20 bits per heavy atom. The quantitative estimate of drug-likeness (QED) is 0.771. The van der Waals surface area contributed by atoms with E-state index in [1.807, 2.05) is 6.20 Å². The lowest BCUT2D eigenvalue weighted by atomic mass is 10.3. The highest BCUT2D eigenvalue weighted by Gasteiger charge is 2.06. The van der Waals surface area contributed by atoms with Gasteiger partial charge in [-0.25, -0.2) is 4.98 Å². The molecule has 0 spiro atoms. The first-order chi connectivity index (χ1) is 7.31. The Morgan fingerprint density at radius 2 is 1.87 bits per heavy atom. The number of anilines is 1. The number of nitrogens with two attached hydrogens (primary N) is 1.